The normalized spacial score (nSPS) is 15.1. The number of aliphatic hydroxyl groups excluding tert-OH is 1. The van der Waals surface area contributed by atoms with Crippen LogP contribution >= 0.6 is 12.4 Å². The van der Waals surface area contributed by atoms with Crippen LogP contribution in [-0.4, -0.2) is 28.5 Å². The zero-order valence-corrected chi connectivity index (χ0v) is 18.7. The minimum Gasteiger partial charge on any atom is -0.445 e. The highest BCUT2D eigenvalue weighted by molar-refractivity contribution is 5.85. The number of rotatable bonds is 7. The van der Waals surface area contributed by atoms with Crippen molar-refractivity contribution in [2.75, 3.05) is 11.9 Å². The van der Waals surface area contributed by atoms with E-state index in [4.69, 9.17) is 10.5 Å². The van der Waals surface area contributed by atoms with Crippen molar-refractivity contribution in [1.29, 1.82) is 0 Å². The Bertz CT molecular complexity index is 1010. The number of benzene rings is 3. The molecule has 5 nitrogen and oxygen atoms in total. The van der Waals surface area contributed by atoms with Gasteiger partial charge in [-0.3, -0.25) is 4.90 Å². The first-order chi connectivity index (χ1) is 14.4. The number of anilines is 1. The molecule has 31 heavy (non-hydrogen) atoms. The Labute approximate surface area is 190 Å². The van der Waals surface area contributed by atoms with Crippen molar-refractivity contribution in [1.82, 2.24) is 4.90 Å². The van der Waals surface area contributed by atoms with Gasteiger partial charge < -0.3 is 20.9 Å². The summed E-state index contributed by atoms with van der Waals surface area (Å²) in [6.07, 6.45) is -0.979. The lowest BCUT2D eigenvalue weighted by molar-refractivity contribution is 0.0212. The number of fused-ring (bicyclic) bond motifs is 1. The second-order valence-corrected chi connectivity index (χ2v) is 8.65. The zero-order valence-electron chi connectivity index (χ0n) is 17.9. The highest BCUT2D eigenvalue weighted by Gasteiger charge is 2.20. The highest BCUT2D eigenvalue weighted by Crippen LogP contribution is 2.35. The average molecular weight is 440 g/mol. The van der Waals surface area contributed by atoms with Crippen molar-refractivity contribution in [2.24, 2.45) is 5.73 Å². The molecule has 4 N–H and O–H groups in total. The van der Waals surface area contributed by atoms with Crippen LogP contribution in [0, 0.1) is 0 Å². The van der Waals surface area contributed by atoms with Crippen LogP contribution in [0.3, 0.4) is 0 Å². The SMILES string of the molecule is CC(C)(N)CN(Cc1ccccc1)Cc1cccc(-c2ccc3c(c2)OC(O)N3)c1.Cl. The Morgan fingerprint density at radius 3 is 2.35 bits per heavy atom. The van der Waals surface area contributed by atoms with Gasteiger partial charge in [-0.15, -0.1) is 12.4 Å². The molecule has 1 aliphatic rings. The lowest BCUT2D eigenvalue weighted by Gasteiger charge is -2.30. The largest absolute Gasteiger partial charge is 0.445 e. The Morgan fingerprint density at radius 2 is 1.61 bits per heavy atom. The van der Waals surface area contributed by atoms with E-state index in [9.17, 15) is 5.11 Å². The number of hydrogen-bond donors (Lipinski definition) is 3. The number of ether oxygens (including phenoxy) is 1. The summed E-state index contributed by atoms with van der Waals surface area (Å²) in [5.41, 5.74) is 11.6. The quantitative estimate of drug-likeness (QED) is 0.502. The van der Waals surface area contributed by atoms with Gasteiger partial charge in [-0.25, -0.2) is 0 Å². The van der Waals surface area contributed by atoms with E-state index < -0.39 is 6.41 Å². The van der Waals surface area contributed by atoms with Crippen LogP contribution in [0.5, 0.6) is 5.75 Å². The summed E-state index contributed by atoms with van der Waals surface area (Å²) < 4.78 is 5.41. The third kappa shape index (κ3) is 6.21. The van der Waals surface area contributed by atoms with E-state index in [0.29, 0.717) is 5.75 Å². The summed E-state index contributed by atoms with van der Waals surface area (Å²) in [5.74, 6) is 0.668. The first-order valence-corrected chi connectivity index (χ1v) is 10.3. The van der Waals surface area contributed by atoms with Gasteiger partial charge in [0.25, 0.3) is 6.41 Å². The molecular weight excluding hydrogens is 410 g/mol. The second-order valence-electron chi connectivity index (χ2n) is 8.65. The molecule has 0 spiro atoms. The maximum absolute atomic E-state index is 9.62. The Hall–Kier alpha value is -2.57. The van der Waals surface area contributed by atoms with Crippen LogP contribution in [0.2, 0.25) is 0 Å². The fraction of sp³-hybridized carbons (Fsp3) is 0.280. The van der Waals surface area contributed by atoms with Crippen LogP contribution in [0.25, 0.3) is 11.1 Å². The molecule has 0 saturated carbocycles. The molecule has 4 rings (SSSR count). The zero-order chi connectivity index (χ0) is 21.1. The molecule has 3 aromatic rings. The smallest absolute Gasteiger partial charge is 0.279 e. The minimum absolute atomic E-state index is 0. The van der Waals surface area contributed by atoms with E-state index in [1.807, 2.05) is 24.3 Å². The number of nitrogens with zero attached hydrogens (tertiary/aromatic N) is 1. The van der Waals surface area contributed by atoms with Gasteiger partial charge in [0.15, 0.2) is 0 Å². The first kappa shape index (κ1) is 23.1. The number of nitrogens with two attached hydrogens (primary N) is 1. The topological polar surface area (TPSA) is 70.8 Å². The maximum atomic E-state index is 9.62. The fourth-order valence-electron chi connectivity index (χ4n) is 3.89. The van der Waals surface area contributed by atoms with Gasteiger partial charge in [0.05, 0.1) is 5.69 Å². The molecule has 6 heteroatoms. The number of halogens is 1. The summed E-state index contributed by atoms with van der Waals surface area (Å²) in [5, 5.41) is 12.5. The van der Waals surface area contributed by atoms with Crippen molar-refractivity contribution in [3.8, 4) is 16.9 Å². The van der Waals surface area contributed by atoms with E-state index in [1.54, 1.807) is 0 Å². The van der Waals surface area contributed by atoms with Crippen LogP contribution in [0.15, 0.2) is 72.8 Å². The summed E-state index contributed by atoms with van der Waals surface area (Å²) in [7, 11) is 0. The molecule has 0 aliphatic carbocycles. The van der Waals surface area contributed by atoms with Crippen molar-refractivity contribution in [3.63, 3.8) is 0 Å². The lowest BCUT2D eigenvalue weighted by Crippen LogP contribution is -2.44. The number of hydrogen-bond acceptors (Lipinski definition) is 5. The average Bonchev–Trinajstić information content (AvgIpc) is 3.07. The van der Waals surface area contributed by atoms with Crippen molar-refractivity contribution in [2.45, 2.75) is 38.9 Å². The Balaban J connectivity index is 0.00000272. The second kappa shape index (κ2) is 9.71. The molecule has 0 fully saturated rings. The molecule has 0 saturated heterocycles. The molecule has 0 aromatic heterocycles. The highest BCUT2D eigenvalue weighted by atomic mass is 35.5. The third-order valence-electron chi connectivity index (χ3n) is 5.05. The van der Waals surface area contributed by atoms with Gasteiger partial charge in [0, 0.05) is 25.2 Å². The van der Waals surface area contributed by atoms with Crippen molar-refractivity contribution >= 4 is 18.1 Å². The predicted molar refractivity (Wildman–Crippen MR) is 128 cm³/mol. The van der Waals surface area contributed by atoms with E-state index in [-0.39, 0.29) is 17.9 Å². The molecule has 1 atom stereocenters. The summed E-state index contributed by atoms with van der Waals surface area (Å²) >= 11 is 0. The maximum Gasteiger partial charge on any atom is 0.279 e. The van der Waals surface area contributed by atoms with Crippen LogP contribution in [0.4, 0.5) is 5.69 Å². The van der Waals surface area contributed by atoms with Crippen molar-refractivity contribution < 1.29 is 9.84 Å². The van der Waals surface area contributed by atoms with Gasteiger partial charge >= 0.3 is 0 Å². The minimum atomic E-state index is -0.979. The molecule has 0 bridgehead atoms. The molecule has 0 radical (unpaired) electrons. The third-order valence-corrected chi connectivity index (χ3v) is 5.05. The summed E-state index contributed by atoms with van der Waals surface area (Å²) in [4.78, 5) is 2.39. The number of nitrogens with one attached hydrogen (secondary N) is 1. The van der Waals surface area contributed by atoms with E-state index >= 15 is 0 Å². The van der Waals surface area contributed by atoms with Gasteiger partial charge in [0.1, 0.15) is 5.75 Å². The van der Waals surface area contributed by atoms with Gasteiger partial charge in [-0.1, -0.05) is 54.6 Å². The molecule has 1 heterocycles. The van der Waals surface area contributed by atoms with Crippen LogP contribution in [0.1, 0.15) is 25.0 Å². The molecule has 1 aliphatic heterocycles. The van der Waals surface area contributed by atoms with Crippen LogP contribution < -0.4 is 15.8 Å². The van der Waals surface area contributed by atoms with Crippen molar-refractivity contribution in [3.05, 3.63) is 83.9 Å². The molecule has 1 unspecified atom stereocenters. The molecular formula is C25H30ClN3O2. The van der Waals surface area contributed by atoms with E-state index in [1.165, 1.54) is 11.1 Å². The number of aliphatic hydroxyl groups is 1. The summed E-state index contributed by atoms with van der Waals surface area (Å²) in [6.45, 7) is 6.58. The lowest BCUT2D eigenvalue weighted by atomic mass is 10.0. The fourth-order valence-corrected chi connectivity index (χ4v) is 3.89. The van der Waals surface area contributed by atoms with Crippen LogP contribution in [-0.2, 0) is 13.1 Å². The van der Waals surface area contributed by atoms with E-state index in [0.717, 1.165) is 36.4 Å². The molecule has 0 amide bonds. The van der Waals surface area contributed by atoms with Gasteiger partial charge in [-0.05, 0) is 54.3 Å². The molecule has 164 valence electrons. The van der Waals surface area contributed by atoms with Gasteiger partial charge in [-0.2, -0.15) is 0 Å². The monoisotopic (exact) mass is 439 g/mol. The Kier molecular flexibility index (Phi) is 7.23. The predicted octanol–water partition coefficient (Wildman–Crippen LogP) is 4.60. The standard InChI is InChI=1S/C25H29N3O2.ClH/c1-25(2,26)17-28(15-18-7-4-3-5-8-18)16-19-9-6-10-20(13-19)21-11-12-22-23(14-21)30-24(29)27-22;/h3-14,24,27,29H,15-17,26H2,1-2H3;1H. The summed E-state index contributed by atoms with van der Waals surface area (Å²) in [6, 6.07) is 25.0. The Morgan fingerprint density at radius 1 is 0.935 bits per heavy atom. The van der Waals surface area contributed by atoms with E-state index in [2.05, 4.69) is 72.6 Å². The molecule has 3 aromatic carbocycles. The van der Waals surface area contributed by atoms with Gasteiger partial charge in [0.2, 0.25) is 0 Å². The first-order valence-electron chi connectivity index (χ1n) is 10.3.